The Bertz CT molecular complexity index is 997. The van der Waals surface area contributed by atoms with Gasteiger partial charge in [0.2, 0.25) is 5.91 Å². The molecule has 1 atom stereocenters. The highest BCUT2D eigenvalue weighted by atomic mass is 35.5. The molecular formula is C20H19ClF2N4O3. The Balaban J connectivity index is 1.34. The molecule has 1 aromatic heterocycles. The molecule has 0 radical (unpaired) electrons. The average molecular weight is 437 g/mol. The summed E-state index contributed by atoms with van der Waals surface area (Å²) >= 11 is 5.56. The first-order chi connectivity index (χ1) is 14.3. The molecule has 3 heterocycles. The zero-order valence-electron chi connectivity index (χ0n) is 16.1. The van der Waals surface area contributed by atoms with Crippen LogP contribution in [-0.2, 0) is 16.0 Å². The van der Waals surface area contributed by atoms with Crippen LogP contribution >= 0.6 is 11.6 Å². The van der Waals surface area contributed by atoms with Gasteiger partial charge < -0.3 is 15.0 Å². The van der Waals surface area contributed by atoms with E-state index < -0.39 is 16.7 Å². The molecule has 4 rings (SSSR count). The van der Waals surface area contributed by atoms with Gasteiger partial charge in [0, 0.05) is 37.4 Å². The lowest BCUT2D eigenvalue weighted by Gasteiger charge is -2.41. The van der Waals surface area contributed by atoms with Crippen LogP contribution in [-0.4, -0.2) is 54.0 Å². The average Bonchev–Trinajstić information content (AvgIpc) is 3.05. The maximum atomic E-state index is 13.8. The molecule has 1 saturated heterocycles. The summed E-state index contributed by atoms with van der Waals surface area (Å²) in [5.41, 5.74) is 1.43. The summed E-state index contributed by atoms with van der Waals surface area (Å²) in [6, 6.07) is 3.96. The Hall–Kier alpha value is -2.78. The highest BCUT2D eigenvalue weighted by molar-refractivity contribution is 6.31. The molecule has 0 bridgehead atoms. The number of halogens is 3. The lowest BCUT2D eigenvalue weighted by molar-refractivity contribution is -0.131. The second-order valence-corrected chi connectivity index (χ2v) is 7.75. The Labute approximate surface area is 176 Å². The van der Waals surface area contributed by atoms with Crippen LogP contribution in [0.3, 0.4) is 0 Å². The number of rotatable bonds is 4. The number of anilines is 2. The number of aromatic nitrogens is 1. The Morgan fingerprint density at radius 3 is 2.73 bits per heavy atom. The fraction of sp³-hybridized carbons (Fsp3) is 0.350. The molecule has 0 saturated carbocycles. The highest BCUT2D eigenvalue weighted by Crippen LogP contribution is 2.29. The lowest BCUT2D eigenvalue weighted by atomic mass is 10.1. The Morgan fingerprint density at radius 2 is 2.03 bits per heavy atom. The third kappa shape index (κ3) is 4.22. The van der Waals surface area contributed by atoms with Gasteiger partial charge >= 0.3 is 5.97 Å². The van der Waals surface area contributed by atoms with E-state index in [9.17, 15) is 18.4 Å². The topological polar surface area (TPSA) is 74.8 Å². The number of nitrogens with one attached hydrogen (secondary N) is 1. The summed E-state index contributed by atoms with van der Waals surface area (Å²) in [5, 5.41) is 2.23. The first kappa shape index (κ1) is 20.5. The smallest absolute Gasteiger partial charge is 0.317 e. The van der Waals surface area contributed by atoms with Gasteiger partial charge in [-0.1, -0.05) is 11.6 Å². The summed E-state index contributed by atoms with van der Waals surface area (Å²) < 4.78 is 32.6. The normalized spacial score (nSPS) is 18.9. The van der Waals surface area contributed by atoms with E-state index in [1.165, 1.54) is 18.3 Å². The van der Waals surface area contributed by atoms with Crippen LogP contribution < -0.4 is 15.0 Å². The number of carbonyl (C=O) groups excluding carboxylic acids is 2. The van der Waals surface area contributed by atoms with Crippen molar-refractivity contribution in [3.05, 3.63) is 46.7 Å². The zero-order valence-corrected chi connectivity index (χ0v) is 16.9. The first-order valence-corrected chi connectivity index (χ1v) is 9.81. The summed E-state index contributed by atoms with van der Waals surface area (Å²) in [6.07, 6.45) is 1.62. The van der Waals surface area contributed by atoms with Gasteiger partial charge in [0.05, 0.1) is 30.5 Å². The van der Waals surface area contributed by atoms with Crippen molar-refractivity contribution in [1.29, 1.82) is 0 Å². The van der Waals surface area contributed by atoms with Crippen LogP contribution in [0.1, 0.15) is 12.6 Å². The third-order valence-electron chi connectivity index (χ3n) is 5.13. The van der Waals surface area contributed by atoms with Gasteiger partial charge in [-0.15, -0.1) is 0 Å². The largest absolute Gasteiger partial charge is 0.424 e. The number of benzene rings is 1. The van der Waals surface area contributed by atoms with Gasteiger partial charge in [-0.05, 0) is 19.1 Å². The quantitative estimate of drug-likeness (QED) is 0.586. The first-order valence-electron chi connectivity index (χ1n) is 9.43. The van der Waals surface area contributed by atoms with E-state index in [-0.39, 0.29) is 30.9 Å². The van der Waals surface area contributed by atoms with Gasteiger partial charge in [0.1, 0.15) is 16.7 Å². The molecule has 2 aliphatic rings. The Kier molecular flexibility index (Phi) is 5.57. The fourth-order valence-electron chi connectivity index (χ4n) is 3.73. The predicted octanol–water partition coefficient (Wildman–Crippen LogP) is 2.62. The molecular weight excluding hydrogens is 418 g/mol. The highest BCUT2D eigenvalue weighted by Gasteiger charge is 2.27. The molecule has 0 spiro atoms. The number of amides is 1. The maximum Gasteiger partial charge on any atom is 0.317 e. The summed E-state index contributed by atoms with van der Waals surface area (Å²) in [5.74, 6) is -1.83. The molecule has 1 amide bonds. The van der Waals surface area contributed by atoms with Crippen molar-refractivity contribution in [2.24, 2.45) is 0 Å². The SMILES string of the molecule is C[C@@H]1CN(CC(=O)Nc2cnc3c(c2)OC(=O)C3)CCN1c1cc(F)c(Cl)c(F)c1. The molecule has 1 aromatic carbocycles. The number of hydrogen-bond acceptors (Lipinski definition) is 6. The molecule has 1 fully saturated rings. The number of hydrogen-bond donors (Lipinski definition) is 1. The van der Waals surface area contributed by atoms with Crippen LogP contribution in [0.5, 0.6) is 5.75 Å². The van der Waals surface area contributed by atoms with E-state index in [1.807, 2.05) is 16.7 Å². The van der Waals surface area contributed by atoms with Crippen LogP contribution in [0, 0.1) is 11.6 Å². The van der Waals surface area contributed by atoms with Gasteiger partial charge in [0.15, 0.2) is 5.75 Å². The van der Waals surface area contributed by atoms with Crippen molar-refractivity contribution in [1.82, 2.24) is 9.88 Å². The van der Waals surface area contributed by atoms with E-state index in [2.05, 4.69) is 10.3 Å². The third-order valence-corrected chi connectivity index (χ3v) is 5.49. The second-order valence-electron chi connectivity index (χ2n) is 7.37. The van der Waals surface area contributed by atoms with Crippen molar-refractivity contribution in [3.63, 3.8) is 0 Å². The van der Waals surface area contributed by atoms with Gasteiger partial charge in [-0.2, -0.15) is 0 Å². The summed E-state index contributed by atoms with van der Waals surface area (Å²) in [6.45, 7) is 3.67. The van der Waals surface area contributed by atoms with Crippen LogP contribution in [0.15, 0.2) is 24.4 Å². The van der Waals surface area contributed by atoms with Crippen LogP contribution in [0.2, 0.25) is 5.02 Å². The summed E-state index contributed by atoms with van der Waals surface area (Å²) in [4.78, 5) is 31.7. The van der Waals surface area contributed by atoms with Crippen molar-refractivity contribution >= 4 is 34.9 Å². The van der Waals surface area contributed by atoms with Crippen molar-refractivity contribution < 1.29 is 23.1 Å². The number of esters is 1. The van der Waals surface area contributed by atoms with E-state index in [0.29, 0.717) is 42.5 Å². The molecule has 7 nitrogen and oxygen atoms in total. The lowest BCUT2D eigenvalue weighted by Crippen LogP contribution is -2.53. The van der Waals surface area contributed by atoms with Crippen molar-refractivity contribution in [2.45, 2.75) is 19.4 Å². The molecule has 0 unspecified atom stereocenters. The number of pyridine rings is 1. The Morgan fingerprint density at radius 1 is 1.30 bits per heavy atom. The van der Waals surface area contributed by atoms with Crippen LogP contribution in [0.25, 0.3) is 0 Å². The van der Waals surface area contributed by atoms with E-state index >= 15 is 0 Å². The second kappa shape index (κ2) is 8.16. The predicted molar refractivity (Wildman–Crippen MR) is 107 cm³/mol. The van der Waals surface area contributed by atoms with Crippen LogP contribution in [0.4, 0.5) is 20.2 Å². The summed E-state index contributed by atoms with van der Waals surface area (Å²) in [7, 11) is 0. The number of piperazine rings is 1. The minimum atomic E-state index is -0.797. The number of nitrogens with zero attached hydrogens (tertiary/aromatic N) is 3. The zero-order chi connectivity index (χ0) is 21.4. The van der Waals surface area contributed by atoms with E-state index in [4.69, 9.17) is 16.3 Å². The number of fused-ring (bicyclic) bond motifs is 1. The monoisotopic (exact) mass is 436 g/mol. The maximum absolute atomic E-state index is 13.8. The van der Waals surface area contributed by atoms with Gasteiger partial charge in [-0.3, -0.25) is 19.5 Å². The molecule has 2 aromatic rings. The molecule has 158 valence electrons. The van der Waals surface area contributed by atoms with Gasteiger partial charge in [-0.25, -0.2) is 8.78 Å². The number of ether oxygens (including phenoxy) is 1. The van der Waals surface area contributed by atoms with Crippen molar-refractivity contribution in [2.75, 3.05) is 36.4 Å². The molecule has 10 heteroatoms. The molecule has 30 heavy (non-hydrogen) atoms. The molecule has 2 aliphatic heterocycles. The standard InChI is InChI=1S/C20H19ClF2N4O3/c1-11-9-26(2-3-27(11)13-5-14(22)20(21)15(23)6-13)10-18(28)25-12-4-17-16(24-8-12)7-19(29)30-17/h4-6,8,11H,2-3,7,9-10H2,1H3,(H,25,28)/t11-/m1/s1. The minimum absolute atomic E-state index is 0.0624. The van der Waals surface area contributed by atoms with E-state index in [1.54, 1.807) is 6.07 Å². The molecule has 0 aliphatic carbocycles. The fourth-order valence-corrected chi connectivity index (χ4v) is 3.84. The number of carbonyl (C=O) groups is 2. The van der Waals surface area contributed by atoms with Gasteiger partial charge in [0.25, 0.3) is 0 Å². The molecule has 1 N–H and O–H groups in total. The minimum Gasteiger partial charge on any atom is -0.424 e. The van der Waals surface area contributed by atoms with Crippen molar-refractivity contribution in [3.8, 4) is 5.75 Å². The van der Waals surface area contributed by atoms with E-state index in [0.717, 1.165) is 0 Å².